The monoisotopic (exact) mass is 306 g/mol. The zero-order valence-corrected chi connectivity index (χ0v) is 11.4. The molecule has 1 heterocycles. The van der Waals surface area contributed by atoms with Crippen LogP contribution in [0.25, 0.3) is 0 Å². The third kappa shape index (κ3) is 3.39. The Hall–Kier alpha value is -1.27. The molecule has 0 aliphatic rings. The van der Waals surface area contributed by atoms with Gasteiger partial charge in [-0.25, -0.2) is 4.98 Å². The van der Waals surface area contributed by atoms with Crippen molar-refractivity contribution < 1.29 is 13.2 Å². The van der Waals surface area contributed by atoms with E-state index in [0.29, 0.717) is 5.69 Å². The molecule has 1 unspecified atom stereocenters. The van der Waals surface area contributed by atoms with Gasteiger partial charge in [0.25, 0.3) is 0 Å². The number of rotatable bonds is 3. The van der Waals surface area contributed by atoms with Gasteiger partial charge >= 0.3 is 6.18 Å². The predicted molar refractivity (Wildman–Crippen MR) is 70.6 cm³/mol. The van der Waals surface area contributed by atoms with Crippen LogP contribution in [0.3, 0.4) is 0 Å². The summed E-state index contributed by atoms with van der Waals surface area (Å²) in [4.78, 5) is 4.11. The van der Waals surface area contributed by atoms with Gasteiger partial charge in [-0.1, -0.05) is 11.6 Å². The normalized spacial score (nSPS) is 13.3. The van der Waals surface area contributed by atoms with Crippen molar-refractivity contribution in [1.82, 2.24) is 4.98 Å². The van der Waals surface area contributed by atoms with Gasteiger partial charge < -0.3 is 5.32 Å². The number of hydrogen-bond donors (Lipinski definition) is 1. The fraction of sp³-hybridized carbons (Fsp3) is 0.250. The van der Waals surface area contributed by atoms with Crippen LogP contribution in [-0.4, -0.2) is 4.98 Å². The van der Waals surface area contributed by atoms with Crippen LogP contribution in [0.2, 0.25) is 5.02 Å². The van der Waals surface area contributed by atoms with Crippen molar-refractivity contribution in [2.45, 2.75) is 19.1 Å². The second-order valence-corrected chi connectivity index (χ2v) is 5.26. The first-order valence-corrected chi connectivity index (χ1v) is 6.66. The van der Waals surface area contributed by atoms with Gasteiger partial charge in [0.2, 0.25) is 0 Å². The number of hydrogen-bond acceptors (Lipinski definition) is 3. The van der Waals surface area contributed by atoms with Gasteiger partial charge in [0.15, 0.2) is 0 Å². The topological polar surface area (TPSA) is 24.9 Å². The molecule has 0 radical (unpaired) electrons. The van der Waals surface area contributed by atoms with E-state index in [9.17, 15) is 13.2 Å². The van der Waals surface area contributed by atoms with Crippen LogP contribution >= 0.6 is 22.9 Å². The smallest absolute Gasteiger partial charge is 0.376 e. The predicted octanol–water partition coefficient (Wildman–Crippen LogP) is 4.99. The number of benzene rings is 1. The third-order valence-corrected chi connectivity index (χ3v) is 3.76. The molecule has 0 saturated heterocycles. The molecule has 0 aliphatic heterocycles. The highest BCUT2D eigenvalue weighted by Gasteiger charge is 2.33. The summed E-state index contributed by atoms with van der Waals surface area (Å²) >= 11 is 7.00. The lowest BCUT2D eigenvalue weighted by Crippen LogP contribution is -2.09. The van der Waals surface area contributed by atoms with E-state index in [4.69, 9.17) is 11.6 Å². The van der Waals surface area contributed by atoms with Crippen LogP contribution in [0.4, 0.5) is 18.9 Å². The zero-order chi connectivity index (χ0) is 14.0. The number of anilines is 1. The van der Waals surface area contributed by atoms with E-state index in [-0.39, 0.29) is 11.1 Å². The van der Waals surface area contributed by atoms with Crippen molar-refractivity contribution in [3.05, 3.63) is 45.4 Å². The van der Waals surface area contributed by atoms with Gasteiger partial charge in [0.1, 0.15) is 5.01 Å². The lowest BCUT2D eigenvalue weighted by Gasteiger charge is -2.15. The lowest BCUT2D eigenvalue weighted by molar-refractivity contribution is -0.137. The van der Waals surface area contributed by atoms with Gasteiger partial charge in [0, 0.05) is 17.3 Å². The summed E-state index contributed by atoms with van der Waals surface area (Å²) in [6, 6.07) is 3.59. The standard InChI is InChI=1S/C12H10ClF3N2S/c1-7(11-17-4-5-19-11)18-8-2-3-10(13)9(6-8)12(14,15)16/h2-7,18H,1H3. The Morgan fingerprint density at radius 3 is 2.68 bits per heavy atom. The molecule has 0 amide bonds. The Labute approximate surface area is 117 Å². The molecule has 1 aromatic heterocycles. The molecule has 0 aliphatic carbocycles. The van der Waals surface area contributed by atoms with Crippen molar-refractivity contribution in [3.63, 3.8) is 0 Å². The first-order valence-electron chi connectivity index (χ1n) is 5.40. The Bertz CT molecular complexity index is 555. The minimum atomic E-state index is -4.46. The molecule has 2 nitrogen and oxygen atoms in total. The summed E-state index contributed by atoms with van der Waals surface area (Å²) in [5.74, 6) is 0. The highest BCUT2D eigenvalue weighted by atomic mass is 35.5. The molecule has 19 heavy (non-hydrogen) atoms. The molecule has 1 N–H and O–H groups in total. The molecular formula is C12H10ClF3N2S. The second-order valence-electron chi connectivity index (χ2n) is 3.93. The number of alkyl halides is 3. The van der Waals surface area contributed by atoms with Crippen molar-refractivity contribution in [1.29, 1.82) is 0 Å². The van der Waals surface area contributed by atoms with Gasteiger partial charge in [-0.3, -0.25) is 0 Å². The van der Waals surface area contributed by atoms with Gasteiger partial charge in [-0.2, -0.15) is 13.2 Å². The fourth-order valence-corrected chi connectivity index (χ4v) is 2.46. The van der Waals surface area contributed by atoms with E-state index < -0.39 is 11.7 Å². The molecule has 0 spiro atoms. The number of thiazole rings is 1. The lowest BCUT2D eigenvalue weighted by atomic mass is 10.2. The summed E-state index contributed by atoms with van der Waals surface area (Å²) in [6.07, 6.45) is -2.81. The Balaban J connectivity index is 2.22. The summed E-state index contributed by atoms with van der Waals surface area (Å²) in [5, 5.41) is 5.29. The SMILES string of the molecule is CC(Nc1ccc(Cl)c(C(F)(F)F)c1)c1nccs1. The van der Waals surface area contributed by atoms with Crippen molar-refractivity contribution >= 4 is 28.6 Å². The van der Waals surface area contributed by atoms with Crippen LogP contribution < -0.4 is 5.32 Å². The molecule has 1 aromatic carbocycles. The van der Waals surface area contributed by atoms with Crippen molar-refractivity contribution in [3.8, 4) is 0 Å². The number of nitrogens with one attached hydrogen (secondary N) is 1. The molecule has 1 atom stereocenters. The third-order valence-electron chi connectivity index (χ3n) is 2.48. The van der Waals surface area contributed by atoms with Crippen molar-refractivity contribution in [2.24, 2.45) is 0 Å². The molecule has 7 heteroatoms. The molecule has 102 valence electrons. The Morgan fingerprint density at radius 2 is 2.11 bits per heavy atom. The van der Waals surface area contributed by atoms with Crippen LogP contribution in [0.1, 0.15) is 23.5 Å². The minimum absolute atomic E-state index is 0.165. The zero-order valence-electron chi connectivity index (χ0n) is 9.83. The maximum atomic E-state index is 12.7. The Morgan fingerprint density at radius 1 is 1.37 bits per heavy atom. The van der Waals surface area contributed by atoms with E-state index in [1.54, 1.807) is 6.20 Å². The van der Waals surface area contributed by atoms with E-state index in [1.165, 1.54) is 23.5 Å². The van der Waals surface area contributed by atoms with Gasteiger partial charge in [-0.15, -0.1) is 11.3 Å². The molecule has 0 bridgehead atoms. The minimum Gasteiger partial charge on any atom is -0.376 e. The number of nitrogens with zero attached hydrogens (tertiary/aromatic N) is 1. The highest BCUT2D eigenvalue weighted by Crippen LogP contribution is 2.36. The summed E-state index contributed by atoms with van der Waals surface area (Å²) < 4.78 is 38.2. The summed E-state index contributed by atoms with van der Waals surface area (Å²) in [7, 11) is 0. The van der Waals surface area contributed by atoms with Crippen LogP contribution in [0.5, 0.6) is 0 Å². The molecule has 0 fully saturated rings. The summed E-state index contributed by atoms with van der Waals surface area (Å²) in [6.45, 7) is 1.83. The van der Waals surface area contributed by atoms with Crippen molar-refractivity contribution in [2.75, 3.05) is 5.32 Å². The van der Waals surface area contributed by atoms with E-state index in [2.05, 4.69) is 10.3 Å². The average Bonchev–Trinajstić information content (AvgIpc) is 2.83. The molecule has 2 aromatic rings. The average molecular weight is 307 g/mol. The van der Waals surface area contributed by atoms with Crippen LogP contribution in [0, 0.1) is 0 Å². The van der Waals surface area contributed by atoms with Gasteiger partial charge in [-0.05, 0) is 25.1 Å². The Kier molecular flexibility index (Phi) is 4.01. The summed E-state index contributed by atoms with van der Waals surface area (Å²) in [5.41, 5.74) is -0.482. The quantitative estimate of drug-likeness (QED) is 0.864. The van der Waals surface area contributed by atoms with E-state index in [0.717, 1.165) is 11.1 Å². The van der Waals surface area contributed by atoms with Crippen LogP contribution in [0.15, 0.2) is 29.8 Å². The highest BCUT2D eigenvalue weighted by molar-refractivity contribution is 7.09. The van der Waals surface area contributed by atoms with E-state index in [1.807, 2.05) is 12.3 Å². The molecule has 0 saturated carbocycles. The first kappa shape index (κ1) is 14.1. The van der Waals surface area contributed by atoms with Gasteiger partial charge in [0.05, 0.1) is 16.6 Å². The maximum Gasteiger partial charge on any atom is 0.417 e. The number of halogens is 4. The largest absolute Gasteiger partial charge is 0.417 e. The first-order chi connectivity index (χ1) is 8.88. The maximum absolute atomic E-state index is 12.7. The number of aromatic nitrogens is 1. The molecular weight excluding hydrogens is 297 g/mol. The molecule has 2 rings (SSSR count). The fourth-order valence-electron chi connectivity index (χ4n) is 1.59. The second kappa shape index (κ2) is 5.38. The van der Waals surface area contributed by atoms with E-state index >= 15 is 0 Å². The van der Waals surface area contributed by atoms with Crippen LogP contribution in [-0.2, 0) is 6.18 Å².